The maximum atomic E-state index is 14.0. The molecule has 0 radical (unpaired) electrons. The molecule has 5 amide bonds. The van der Waals surface area contributed by atoms with Crippen molar-refractivity contribution in [1.82, 2.24) is 40.4 Å². The molecule has 2 aromatic carbocycles. The number of thiazole rings is 2. The average molecular weight is 1110 g/mol. The van der Waals surface area contributed by atoms with Crippen LogP contribution in [0.4, 0.5) is 22.5 Å². The van der Waals surface area contributed by atoms with E-state index in [9.17, 15) is 29.1 Å². The van der Waals surface area contributed by atoms with Gasteiger partial charge in [-0.2, -0.15) is 0 Å². The lowest BCUT2D eigenvalue weighted by molar-refractivity contribution is -0.144. The van der Waals surface area contributed by atoms with Crippen molar-refractivity contribution in [3.05, 3.63) is 92.8 Å². The topological polar surface area (TPSA) is 215 Å². The number of likely N-dealkylation sites (tertiary alicyclic amines) is 1. The maximum absolute atomic E-state index is 14.0. The van der Waals surface area contributed by atoms with Crippen LogP contribution < -0.4 is 26.2 Å². The van der Waals surface area contributed by atoms with Crippen molar-refractivity contribution in [2.24, 2.45) is 5.41 Å². The van der Waals surface area contributed by atoms with Gasteiger partial charge < -0.3 is 41.1 Å². The van der Waals surface area contributed by atoms with Crippen molar-refractivity contribution in [3.8, 4) is 10.4 Å². The van der Waals surface area contributed by atoms with E-state index in [1.165, 1.54) is 35.3 Å². The Bertz CT molecular complexity index is 2770. The molecule has 2 aliphatic heterocycles. The second-order valence-corrected chi connectivity index (χ2v) is 23.7. The van der Waals surface area contributed by atoms with Crippen molar-refractivity contribution in [2.45, 2.75) is 156 Å². The number of carbonyl (C=O) groups excluding carboxylic acids is 5. The Balaban J connectivity index is 0.713. The second kappa shape index (κ2) is 28.0. The van der Waals surface area contributed by atoms with E-state index in [4.69, 9.17) is 11.6 Å². The van der Waals surface area contributed by atoms with E-state index in [0.29, 0.717) is 71.4 Å². The minimum atomic E-state index is -0.843. The Morgan fingerprint density at radius 1 is 0.831 bits per heavy atom. The molecule has 7 rings (SSSR count). The van der Waals surface area contributed by atoms with Gasteiger partial charge in [0, 0.05) is 64.6 Å². The summed E-state index contributed by atoms with van der Waals surface area (Å²) in [5, 5.41) is 23.7. The number of aryl methyl sites for hydroxylation is 3. The van der Waals surface area contributed by atoms with Crippen molar-refractivity contribution >= 4 is 86.3 Å². The molecule has 2 saturated heterocycles. The molecule has 5 heterocycles. The number of amides is 5. The van der Waals surface area contributed by atoms with Crippen molar-refractivity contribution in [3.63, 3.8) is 0 Å². The summed E-state index contributed by atoms with van der Waals surface area (Å²) < 4.78 is 0. The number of aromatic nitrogens is 4. The highest BCUT2D eigenvalue weighted by molar-refractivity contribution is 7.17. The fraction of sp³-hybridized carbons (Fsp3) is 0.526. The molecule has 0 unspecified atom stereocenters. The molecular formula is C57H76ClN11O6S2. The van der Waals surface area contributed by atoms with Gasteiger partial charge in [-0.3, -0.25) is 24.0 Å². The SMILES string of the molecule is Cc1nc(Nc2ncc(C(=O)Nc3c(C)cccc3Cl)s2)cc(N2CCN(C(=O)CCCCCCCCCCCCCC(=O)N[C@H](C(=O)N3C[C@H](O)C[C@H]3C(=O)NCc3ccc(-c4scnc4C)cc3)C(C)(C)C)CC2)n1. The van der Waals surface area contributed by atoms with Gasteiger partial charge in [-0.15, -0.1) is 11.3 Å². The molecular weight excluding hydrogens is 1030 g/mol. The summed E-state index contributed by atoms with van der Waals surface area (Å²) in [5.41, 5.74) is 5.61. The van der Waals surface area contributed by atoms with E-state index in [-0.39, 0.29) is 49.0 Å². The number of anilines is 4. The van der Waals surface area contributed by atoms with Crippen LogP contribution >= 0.6 is 34.3 Å². The standard InChI is InChI=1S/C57H76ClN11O6S2/c1-37-19-18-20-43(58)50(37)66-54(74)45-34-60-56(77-45)64-46-32-47(63-39(3)62-46)67-27-29-68(30-28-67)49(72)22-17-15-13-11-9-7-8-10-12-14-16-21-48(71)65-52(57(4,5)6)55(75)69-35-42(70)31-44(69)53(73)59-33-40-23-25-41(26-24-40)51-38(2)61-36-76-51/h18-20,23-26,32,34,36,42,44,52,70H,7-17,21-22,27-31,33,35H2,1-6H3,(H,59,73)(H,65,71)(H,66,74)(H,60,62,63,64)/t42-,44+,52-/m1/s1. The first kappa shape index (κ1) is 58.7. The number of nitrogens with one attached hydrogen (secondary N) is 4. The summed E-state index contributed by atoms with van der Waals surface area (Å²) in [4.78, 5) is 91.8. The Morgan fingerprint density at radius 3 is 2.13 bits per heavy atom. The van der Waals surface area contributed by atoms with Crippen LogP contribution in [0.1, 0.15) is 143 Å². The summed E-state index contributed by atoms with van der Waals surface area (Å²) in [6, 6.07) is 13.6. The van der Waals surface area contributed by atoms with Crippen LogP contribution in [0.2, 0.25) is 5.02 Å². The molecule has 414 valence electrons. The van der Waals surface area contributed by atoms with Crippen molar-refractivity contribution < 1.29 is 29.1 Å². The molecule has 2 aliphatic rings. The molecule has 17 nitrogen and oxygen atoms in total. The molecule has 0 bridgehead atoms. The Kier molecular flexibility index (Phi) is 21.4. The zero-order valence-corrected chi connectivity index (χ0v) is 47.9. The third-order valence-corrected chi connectivity index (χ3v) is 16.4. The number of carbonyl (C=O) groups is 5. The first-order valence-electron chi connectivity index (χ1n) is 27.2. The highest BCUT2D eigenvalue weighted by Crippen LogP contribution is 2.31. The molecule has 5 aromatic rings. The van der Waals surface area contributed by atoms with Crippen LogP contribution in [0.25, 0.3) is 10.4 Å². The van der Waals surface area contributed by atoms with Gasteiger partial charge in [0.2, 0.25) is 23.6 Å². The first-order chi connectivity index (χ1) is 36.9. The Hall–Kier alpha value is -6.02. The number of hydrogen-bond acceptors (Lipinski definition) is 14. The van der Waals surface area contributed by atoms with Gasteiger partial charge in [-0.1, -0.05) is 138 Å². The van der Waals surface area contributed by atoms with E-state index in [1.807, 2.05) is 94.4 Å². The fourth-order valence-electron chi connectivity index (χ4n) is 9.80. The molecule has 0 saturated carbocycles. The van der Waals surface area contributed by atoms with Crippen LogP contribution in [0.3, 0.4) is 0 Å². The highest BCUT2D eigenvalue weighted by Gasteiger charge is 2.44. The van der Waals surface area contributed by atoms with Crippen LogP contribution in [0.5, 0.6) is 0 Å². The Morgan fingerprint density at radius 2 is 1.49 bits per heavy atom. The van der Waals surface area contributed by atoms with Crippen LogP contribution in [-0.4, -0.2) is 115 Å². The zero-order chi connectivity index (χ0) is 55.1. The third-order valence-electron chi connectivity index (χ3n) is 14.2. The van der Waals surface area contributed by atoms with E-state index in [0.717, 1.165) is 90.9 Å². The third kappa shape index (κ3) is 17.0. The number of halogens is 1. The van der Waals surface area contributed by atoms with Gasteiger partial charge in [0.05, 0.1) is 39.1 Å². The number of benzene rings is 2. The van der Waals surface area contributed by atoms with Crippen LogP contribution in [-0.2, 0) is 25.7 Å². The molecule has 20 heteroatoms. The number of nitrogens with zero attached hydrogens (tertiary/aromatic N) is 7. The number of aliphatic hydroxyl groups is 1. The number of unbranched alkanes of at least 4 members (excludes halogenated alkanes) is 10. The molecule has 0 aliphatic carbocycles. The molecule has 5 N–H and O–H groups in total. The summed E-state index contributed by atoms with van der Waals surface area (Å²) in [5.74, 6) is 0.989. The van der Waals surface area contributed by atoms with E-state index >= 15 is 0 Å². The zero-order valence-electron chi connectivity index (χ0n) is 45.5. The lowest BCUT2D eigenvalue weighted by atomic mass is 9.85. The van der Waals surface area contributed by atoms with Gasteiger partial charge in [0.15, 0.2) is 5.13 Å². The smallest absolute Gasteiger partial charge is 0.267 e. The predicted molar refractivity (Wildman–Crippen MR) is 307 cm³/mol. The summed E-state index contributed by atoms with van der Waals surface area (Å²) in [7, 11) is 0. The number of rotatable bonds is 25. The normalized spacial score (nSPS) is 16.1. The summed E-state index contributed by atoms with van der Waals surface area (Å²) >= 11 is 9.11. The lowest BCUT2D eigenvalue weighted by Crippen LogP contribution is -2.57. The van der Waals surface area contributed by atoms with Gasteiger partial charge in [-0.25, -0.2) is 19.9 Å². The van der Waals surface area contributed by atoms with Gasteiger partial charge in [-0.05, 0) is 61.8 Å². The molecule has 77 heavy (non-hydrogen) atoms. The molecule has 3 aromatic heterocycles. The number of para-hydroxylation sites is 1. The largest absolute Gasteiger partial charge is 0.391 e. The van der Waals surface area contributed by atoms with E-state index in [2.05, 4.69) is 46.1 Å². The van der Waals surface area contributed by atoms with Crippen LogP contribution in [0.15, 0.2) is 60.2 Å². The Labute approximate surface area is 466 Å². The fourth-order valence-corrected chi connectivity index (χ4v) is 11.6. The highest BCUT2D eigenvalue weighted by atomic mass is 35.5. The second-order valence-electron chi connectivity index (χ2n) is 21.4. The van der Waals surface area contributed by atoms with Crippen LogP contribution in [0, 0.1) is 26.2 Å². The monoisotopic (exact) mass is 1110 g/mol. The predicted octanol–water partition coefficient (Wildman–Crippen LogP) is 10.2. The lowest BCUT2D eigenvalue weighted by Gasteiger charge is -2.35. The number of hydrogen-bond donors (Lipinski definition) is 5. The van der Waals surface area contributed by atoms with E-state index < -0.39 is 23.6 Å². The minimum absolute atomic E-state index is 0.0363. The summed E-state index contributed by atoms with van der Waals surface area (Å²) in [6.07, 6.45) is 13.2. The van der Waals surface area contributed by atoms with Gasteiger partial charge in [0.1, 0.15) is 34.4 Å². The van der Waals surface area contributed by atoms with Gasteiger partial charge in [0.25, 0.3) is 5.91 Å². The molecule has 0 spiro atoms. The number of β-amino-alcohol motifs (C(OH)–C–C–N with tert-alkyl or cyclic N) is 1. The first-order valence-corrected chi connectivity index (χ1v) is 29.2. The maximum Gasteiger partial charge on any atom is 0.267 e. The van der Waals surface area contributed by atoms with E-state index in [1.54, 1.807) is 17.4 Å². The number of aliphatic hydroxyl groups excluding tert-OH is 1. The van der Waals surface area contributed by atoms with Crippen molar-refractivity contribution in [1.29, 1.82) is 0 Å². The average Bonchev–Trinajstić information content (AvgIpc) is 4.18. The number of piperazine rings is 1. The molecule has 2 fully saturated rings. The van der Waals surface area contributed by atoms with Gasteiger partial charge >= 0.3 is 0 Å². The summed E-state index contributed by atoms with van der Waals surface area (Å²) in [6.45, 7) is 14.3. The minimum Gasteiger partial charge on any atom is -0.391 e. The van der Waals surface area contributed by atoms with Crippen molar-refractivity contribution in [2.75, 3.05) is 48.3 Å². The quantitative estimate of drug-likeness (QED) is 0.0345. The molecule has 3 atom stereocenters.